The summed E-state index contributed by atoms with van der Waals surface area (Å²) in [5.41, 5.74) is 0.959. The van der Waals surface area contributed by atoms with E-state index in [9.17, 15) is 5.11 Å². The van der Waals surface area contributed by atoms with E-state index in [-0.39, 0.29) is 0 Å². The second kappa shape index (κ2) is 8.82. The lowest BCUT2D eigenvalue weighted by Crippen LogP contribution is -2.32. The lowest BCUT2D eigenvalue weighted by atomic mass is 10.3. The second-order valence-electron chi connectivity index (χ2n) is 4.34. The van der Waals surface area contributed by atoms with Gasteiger partial charge >= 0.3 is 0 Å². The molecule has 104 valence electrons. The van der Waals surface area contributed by atoms with E-state index in [1.807, 2.05) is 12.4 Å². The average Bonchev–Trinajstić information content (AvgIpc) is 2.77. The van der Waals surface area contributed by atoms with Gasteiger partial charge in [-0.3, -0.25) is 0 Å². The minimum atomic E-state index is -0.414. The fraction of sp³-hybridized carbons (Fsp3) is 0.750. The van der Waals surface area contributed by atoms with E-state index in [1.54, 1.807) is 18.4 Å². The first-order valence-electron chi connectivity index (χ1n) is 6.00. The van der Waals surface area contributed by atoms with Crippen molar-refractivity contribution in [1.29, 1.82) is 0 Å². The number of hydrogen-bond donors (Lipinski definition) is 1. The first-order valence-corrected chi connectivity index (χ1v) is 7.42. The molecule has 1 heterocycles. The molecule has 1 aromatic rings. The number of likely N-dealkylation sites (N-methyl/N-ethyl adjacent to an activating group) is 1. The number of thiazole rings is 1. The number of methoxy groups -OCH3 is 1. The molecule has 4 nitrogen and oxygen atoms in total. The Hall–Kier alpha value is -0.200. The highest BCUT2D eigenvalue weighted by molar-refractivity contribution is 7.09. The number of halogens is 1. The van der Waals surface area contributed by atoms with Crippen molar-refractivity contribution in [1.82, 2.24) is 9.88 Å². The van der Waals surface area contributed by atoms with E-state index in [1.165, 1.54) is 0 Å². The van der Waals surface area contributed by atoms with Crippen molar-refractivity contribution in [3.8, 4) is 0 Å². The van der Waals surface area contributed by atoms with Gasteiger partial charge in [-0.25, -0.2) is 4.98 Å². The van der Waals surface area contributed by atoms with E-state index in [0.29, 0.717) is 19.0 Å². The Kier molecular flexibility index (Phi) is 7.77. The number of nitrogens with zero attached hydrogens (tertiary/aromatic N) is 2. The van der Waals surface area contributed by atoms with Crippen LogP contribution in [0.5, 0.6) is 0 Å². The largest absolute Gasteiger partial charge is 0.389 e. The molecule has 0 spiro atoms. The number of alkyl halides is 1. The summed E-state index contributed by atoms with van der Waals surface area (Å²) in [6, 6.07) is 0. The molecule has 0 aliphatic rings. The van der Waals surface area contributed by atoms with Gasteiger partial charge in [-0.05, 0) is 20.0 Å². The Morgan fingerprint density at radius 2 is 2.39 bits per heavy atom. The quantitative estimate of drug-likeness (QED) is 0.705. The zero-order valence-electron chi connectivity index (χ0n) is 10.9. The maximum Gasteiger partial charge on any atom is 0.0929 e. The van der Waals surface area contributed by atoms with Crippen molar-refractivity contribution < 1.29 is 9.84 Å². The summed E-state index contributed by atoms with van der Waals surface area (Å²) in [4.78, 5) is 6.53. The third-order valence-electron chi connectivity index (χ3n) is 2.55. The van der Waals surface area contributed by atoms with Crippen LogP contribution in [0.25, 0.3) is 0 Å². The van der Waals surface area contributed by atoms with E-state index in [0.717, 1.165) is 30.1 Å². The van der Waals surface area contributed by atoms with Crippen LogP contribution in [0, 0.1) is 0 Å². The summed E-state index contributed by atoms with van der Waals surface area (Å²) >= 11 is 7.37. The van der Waals surface area contributed by atoms with Crippen molar-refractivity contribution in [2.45, 2.75) is 24.8 Å². The topological polar surface area (TPSA) is 45.6 Å². The summed E-state index contributed by atoms with van der Waals surface area (Å²) in [6.45, 7) is 1.96. The molecule has 0 aromatic carbocycles. The SMILES string of the molecule is COCC(O)CN(C)CCCc1nc(CCl)cs1. The molecule has 0 aliphatic carbocycles. The number of ether oxygens (including phenoxy) is 1. The van der Waals surface area contributed by atoms with Crippen molar-refractivity contribution in [3.05, 3.63) is 16.1 Å². The first-order chi connectivity index (χ1) is 8.65. The second-order valence-corrected chi connectivity index (χ2v) is 5.55. The molecule has 18 heavy (non-hydrogen) atoms. The Morgan fingerprint density at radius 3 is 3.00 bits per heavy atom. The summed E-state index contributed by atoms with van der Waals surface area (Å²) in [6.07, 6.45) is 1.58. The highest BCUT2D eigenvalue weighted by Crippen LogP contribution is 2.13. The number of aryl methyl sites for hydroxylation is 1. The molecule has 0 aliphatic heterocycles. The maximum atomic E-state index is 9.58. The summed E-state index contributed by atoms with van der Waals surface area (Å²) < 4.78 is 4.90. The molecule has 0 radical (unpaired) electrons. The Labute approximate surface area is 118 Å². The van der Waals surface area contributed by atoms with Crippen LogP contribution in [0.4, 0.5) is 0 Å². The Bertz CT molecular complexity index is 336. The molecule has 1 N–H and O–H groups in total. The van der Waals surface area contributed by atoms with Crippen molar-refractivity contribution in [3.63, 3.8) is 0 Å². The van der Waals surface area contributed by atoms with Crippen LogP contribution in [0.1, 0.15) is 17.1 Å². The molecule has 1 atom stereocenters. The van der Waals surface area contributed by atoms with Crippen LogP contribution in [-0.4, -0.2) is 54.9 Å². The minimum Gasteiger partial charge on any atom is -0.389 e. The van der Waals surface area contributed by atoms with Crippen LogP contribution in [0.3, 0.4) is 0 Å². The van der Waals surface area contributed by atoms with Crippen molar-refractivity contribution in [2.24, 2.45) is 0 Å². The predicted octanol–water partition coefficient (Wildman–Crippen LogP) is 1.75. The standard InChI is InChI=1S/C12H21ClN2O2S/c1-15(7-11(16)8-17-2)5-3-4-12-14-10(6-13)9-18-12/h9,11,16H,3-8H2,1-2H3. The molecule has 1 unspecified atom stereocenters. The van der Waals surface area contributed by atoms with Crippen LogP contribution in [-0.2, 0) is 17.0 Å². The number of hydrogen-bond acceptors (Lipinski definition) is 5. The van der Waals surface area contributed by atoms with Gasteiger partial charge in [0, 0.05) is 25.5 Å². The van der Waals surface area contributed by atoms with Gasteiger partial charge in [-0.2, -0.15) is 0 Å². The molecule has 1 aromatic heterocycles. The molecule has 1 rings (SSSR count). The van der Waals surface area contributed by atoms with Crippen LogP contribution >= 0.6 is 22.9 Å². The summed E-state index contributed by atoms with van der Waals surface area (Å²) in [5.74, 6) is 0.486. The molecule has 0 amide bonds. The van der Waals surface area contributed by atoms with Gasteiger partial charge in [0.15, 0.2) is 0 Å². The number of aromatic nitrogens is 1. The fourth-order valence-corrected chi connectivity index (χ4v) is 2.79. The number of aliphatic hydroxyl groups is 1. The van der Waals surface area contributed by atoms with Gasteiger partial charge in [-0.15, -0.1) is 22.9 Å². The smallest absolute Gasteiger partial charge is 0.0929 e. The van der Waals surface area contributed by atoms with Crippen LogP contribution in [0.15, 0.2) is 5.38 Å². The Morgan fingerprint density at radius 1 is 1.61 bits per heavy atom. The lowest BCUT2D eigenvalue weighted by molar-refractivity contribution is 0.0431. The van der Waals surface area contributed by atoms with Gasteiger partial charge in [-0.1, -0.05) is 0 Å². The van der Waals surface area contributed by atoms with E-state index < -0.39 is 6.10 Å². The first kappa shape index (κ1) is 15.9. The van der Waals surface area contributed by atoms with Crippen molar-refractivity contribution in [2.75, 3.05) is 33.9 Å². The summed E-state index contributed by atoms with van der Waals surface area (Å²) in [5, 5.41) is 12.7. The normalized spacial score (nSPS) is 13.2. The lowest BCUT2D eigenvalue weighted by Gasteiger charge is -2.19. The van der Waals surface area contributed by atoms with Gasteiger partial charge in [0.25, 0.3) is 0 Å². The highest BCUT2D eigenvalue weighted by Gasteiger charge is 2.08. The zero-order chi connectivity index (χ0) is 13.4. The molecular formula is C12H21ClN2O2S. The molecule has 0 fully saturated rings. The summed E-state index contributed by atoms with van der Waals surface area (Å²) in [7, 11) is 3.60. The number of aliphatic hydroxyl groups excluding tert-OH is 1. The molecule has 0 saturated heterocycles. The molecule has 0 bridgehead atoms. The van der Waals surface area contributed by atoms with Crippen LogP contribution in [0.2, 0.25) is 0 Å². The third-order valence-corrected chi connectivity index (χ3v) is 3.78. The Balaban J connectivity index is 2.16. The van der Waals surface area contributed by atoms with Crippen molar-refractivity contribution >= 4 is 22.9 Å². The average molecular weight is 293 g/mol. The predicted molar refractivity (Wildman–Crippen MR) is 75.4 cm³/mol. The van der Waals surface area contributed by atoms with E-state index in [2.05, 4.69) is 9.88 Å². The van der Waals surface area contributed by atoms with Gasteiger partial charge in [0.1, 0.15) is 0 Å². The molecule has 6 heteroatoms. The van der Waals surface area contributed by atoms with Crippen LogP contribution < -0.4 is 0 Å². The third kappa shape index (κ3) is 6.11. The number of rotatable bonds is 9. The van der Waals surface area contributed by atoms with Gasteiger partial charge in [0.05, 0.1) is 29.3 Å². The van der Waals surface area contributed by atoms with Gasteiger partial charge < -0.3 is 14.7 Å². The van der Waals surface area contributed by atoms with E-state index in [4.69, 9.17) is 16.3 Å². The minimum absolute atomic E-state index is 0.385. The highest BCUT2D eigenvalue weighted by atomic mass is 35.5. The maximum absolute atomic E-state index is 9.58. The fourth-order valence-electron chi connectivity index (χ4n) is 1.72. The molecular weight excluding hydrogens is 272 g/mol. The molecule has 0 saturated carbocycles. The zero-order valence-corrected chi connectivity index (χ0v) is 12.5. The monoisotopic (exact) mass is 292 g/mol. The van der Waals surface area contributed by atoms with Gasteiger partial charge in [0.2, 0.25) is 0 Å². The van der Waals surface area contributed by atoms with E-state index >= 15 is 0 Å².